The first-order valence-electron chi connectivity index (χ1n) is 9.51. The molecule has 0 aromatic heterocycles. The van der Waals surface area contributed by atoms with E-state index < -0.39 is 0 Å². The molecular formula is C21H33NO. The van der Waals surface area contributed by atoms with Gasteiger partial charge in [-0.05, 0) is 25.5 Å². The molecule has 23 heavy (non-hydrogen) atoms. The molecule has 2 rings (SSSR count). The summed E-state index contributed by atoms with van der Waals surface area (Å²) in [5.74, 6) is 0.435. The Hall–Kier alpha value is -1.15. The molecule has 0 saturated carbocycles. The molecule has 0 aliphatic carbocycles. The van der Waals surface area contributed by atoms with Crippen LogP contribution in [0.15, 0.2) is 30.3 Å². The van der Waals surface area contributed by atoms with Gasteiger partial charge in [-0.1, -0.05) is 82.2 Å². The van der Waals surface area contributed by atoms with Gasteiger partial charge >= 0.3 is 0 Å². The van der Waals surface area contributed by atoms with E-state index in [1.807, 2.05) is 6.07 Å². The fraction of sp³-hybridized carbons (Fsp3) is 0.667. The Balaban J connectivity index is 1.70. The summed E-state index contributed by atoms with van der Waals surface area (Å²) in [5, 5.41) is 0. The molecule has 1 aliphatic rings. The number of rotatable bonds is 10. The number of ketones is 1. The maximum atomic E-state index is 12.4. The minimum Gasteiger partial charge on any atom is -0.298 e. The number of hydrogen-bond acceptors (Lipinski definition) is 2. The first-order chi connectivity index (χ1) is 11.2. The third-order valence-electron chi connectivity index (χ3n) is 5.29. The first kappa shape index (κ1) is 18.2. The number of likely N-dealkylation sites (tertiary alicyclic amines) is 1. The summed E-state index contributed by atoms with van der Waals surface area (Å²) in [7, 11) is 2.14. The Morgan fingerprint density at radius 3 is 2.35 bits per heavy atom. The van der Waals surface area contributed by atoms with E-state index in [0.717, 1.165) is 12.8 Å². The van der Waals surface area contributed by atoms with Gasteiger partial charge in [-0.2, -0.15) is 0 Å². The highest BCUT2D eigenvalue weighted by Crippen LogP contribution is 2.26. The lowest BCUT2D eigenvalue weighted by atomic mass is 10.0. The van der Waals surface area contributed by atoms with Crippen molar-refractivity contribution in [3.05, 3.63) is 35.9 Å². The molecule has 1 heterocycles. The highest BCUT2D eigenvalue weighted by Gasteiger charge is 2.36. The van der Waals surface area contributed by atoms with Gasteiger partial charge in [0.1, 0.15) is 0 Å². The SMILES string of the molecule is CCCCCCCCC[C@H]1CC(=O)[C@@H](Cc2ccccc2)N1C. The molecule has 128 valence electrons. The lowest BCUT2D eigenvalue weighted by Crippen LogP contribution is -2.35. The van der Waals surface area contributed by atoms with E-state index >= 15 is 0 Å². The van der Waals surface area contributed by atoms with E-state index in [9.17, 15) is 4.79 Å². The highest BCUT2D eigenvalue weighted by molar-refractivity contribution is 5.87. The third kappa shape index (κ3) is 5.76. The van der Waals surface area contributed by atoms with Gasteiger partial charge in [-0.3, -0.25) is 9.69 Å². The summed E-state index contributed by atoms with van der Waals surface area (Å²) in [6.07, 6.45) is 12.2. The number of hydrogen-bond donors (Lipinski definition) is 0. The zero-order valence-corrected chi connectivity index (χ0v) is 15.0. The topological polar surface area (TPSA) is 20.3 Å². The maximum Gasteiger partial charge on any atom is 0.151 e. The molecular weight excluding hydrogens is 282 g/mol. The Kier molecular flexibility index (Phi) is 7.81. The molecule has 1 fully saturated rings. The summed E-state index contributed by atoms with van der Waals surface area (Å²) in [5.41, 5.74) is 1.27. The van der Waals surface area contributed by atoms with Gasteiger partial charge in [-0.25, -0.2) is 0 Å². The molecule has 0 unspecified atom stereocenters. The van der Waals surface area contributed by atoms with Gasteiger partial charge in [-0.15, -0.1) is 0 Å². The Labute approximate surface area is 142 Å². The van der Waals surface area contributed by atoms with E-state index in [1.165, 1.54) is 56.9 Å². The van der Waals surface area contributed by atoms with Gasteiger partial charge in [0.15, 0.2) is 5.78 Å². The Morgan fingerprint density at radius 1 is 1.00 bits per heavy atom. The second kappa shape index (κ2) is 9.87. The smallest absolute Gasteiger partial charge is 0.151 e. The lowest BCUT2D eigenvalue weighted by molar-refractivity contribution is -0.119. The van der Waals surface area contributed by atoms with Crippen molar-refractivity contribution in [1.82, 2.24) is 4.90 Å². The molecule has 0 bridgehead atoms. The highest BCUT2D eigenvalue weighted by atomic mass is 16.1. The number of carbonyl (C=O) groups is 1. The van der Waals surface area contributed by atoms with Crippen molar-refractivity contribution < 1.29 is 4.79 Å². The minimum absolute atomic E-state index is 0.0898. The van der Waals surface area contributed by atoms with Gasteiger partial charge in [0, 0.05) is 12.5 Å². The van der Waals surface area contributed by atoms with E-state index in [1.54, 1.807) is 0 Å². The molecule has 1 aromatic carbocycles. The van der Waals surface area contributed by atoms with Gasteiger partial charge < -0.3 is 0 Å². The molecule has 2 atom stereocenters. The van der Waals surface area contributed by atoms with E-state index in [-0.39, 0.29) is 6.04 Å². The molecule has 0 amide bonds. The van der Waals surface area contributed by atoms with Crippen LogP contribution in [0.5, 0.6) is 0 Å². The quantitative estimate of drug-likeness (QED) is 0.566. The number of nitrogens with zero attached hydrogens (tertiary/aromatic N) is 1. The van der Waals surface area contributed by atoms with Crippen LogP contribution in [0.2, 0.25) is 0 Å². The third-order valence-corrected chi connectivity index (χ3v) is 5.29. The van der Waals surface area contributed by atoms with Gasteiger partial charge in [0.25, 0.3) is 0 Å². The molecule has 0 radical (unpaired) electrons. The van der Waals surface area contributed by atoms with Crippen molar-refractivity contribution in [1.29, 1.82) is 0 Å². The maximum absolute atomic E-state index is 12.4. The zero-order valence-electron chi connectivity index (χ0n) is 15.0. The van der Waals surface area contributed by atoms with E-state index in [4.69, 9.17) is 0 Å². The van der Waals surface area contributed by atoms with Crippen molar-refractivity contribution in [2.45, 2.75) is 83.2 Å². The van der Waals surface area contributed by atoms with E-state index in [0.29, 0.717) is 11.8 Å². The first-order valence-corrected chi connectivity index (χ1v) is 9.51. The normalized spacial score (nSPS) is 21.9. The van der Waals surface area contributed by atoms with Crippen LogP contribution < -0.4 is 0 Å². The molecule has 2 heteroatoms. The largest absolute Gasteiger partial charge is 0.298 e. The number of Topliss-reactive ketones (excluding diaryl/α,β-unsaturated/α-hetero) is 1. The molecule has 0 N–H and O–H groups in total. The number of benzene rings is 1. The molecule has 0 spiro atoms. The predicted octanol–water partition coefficient (Wildman–Crippen LogP) is 5.01. The van der Waals surface area contributed by atoms with Crippen LogP contribution in [0.4, 0.5) is 0 Å². The van der Waals surface area contributed by atoms with Crippen LogP contribution in [0, 0.1) is 0 Å². The van der Waals surface area contributed by atoms with Crippen LogP contribution in [-0.2, 0) is 11.2 Å². The molecule has 2 nitrogen and oxygen atoms in total. The number of likely N-dealkylation sites (N-methyl/N-ethyl adjacent to an activating group) is 1. The van der Waals surface area contributed by atoms with Crippen molar-refractivity contribution in [3.63, 3.8) is 0 Å². The van der Waals surface area contributed by atoms with Crippen LogP contribution >= 0.6 is 0 Å². The van der Waals surface area contributed by atoms with Crippen LogP contribution in [0.1, 0.15) is 70.3 Å². The Bertz CT molecular complexity index is 456. The zero-order chi connectivity index (χ0) is 16.5. The monoisotopic (exact) mass is 315 g/mol. The van der Waals surface area contributed by atoms with Crippen molar-refractivity contribution in [2.24, 2.45) is 0 Å². The van der Waals surface area contributed by atoms with E-state index in [2.05, 4.69) is 43.1 Å². The summed E-state index contributed by atoms with van der Waals surface area (Å²) >= 11 is 0. The second-order valence-electron chi connectivity index (χ2n) is 7.11. The predicted molar refractivity (Wildman–Crippen MR) is 97.7 cm³/mol. The standard InChI is InChI=1S/C21H33NO/c1-3-4-5-6-7-8-12-15-19-17-21(23)20(22(19)2)16-18-13-10-9-11-14-18/h9-11,13-14,19-20H,3-8,12,15-17H2,1-2H3/t19-,20+/m0/s1. The lowest BCUT2D eigenvalue weighted by Gasteiger charge is -2.24. The number of carbonyl (C=O) groups excluding carboxylic acids is 1. The van der Waals surface area contributed by atoms with Crippen LogP contribution in [0.25, 0.3) is 0 Å². The van der Waals surface area contributed by atoms with Crippen molar-refractivity contribution >= 4 is 5.78 Å². The molecule has 1 aromatic rings. The summed E-state index contributed by atoms with van der Waals surface area (Å²) in [6, 6.07) is 11.0. The number of unbranched alkanes of at least 4 members (excludes halogenated alkanes) is 6. The molecule has 1 aliphatic heterocycles. The van der Waals surface area contributed by atoms with Crippen molar-refractivity contribution in [3.8, 4) is 0 Å². The average Bonchev–Trinajstić information content (AvgIpc) is 2.83. The average molecular weight is 316 g/mol. The van der Waals surface area contributed by atoms with Crippen LogP contribution in [0.3, 0.4) is 0 Å². The van der Waals surface area contributed by atoms with Crippen molar-refractivity contribution in [2.75, 3.05) is 7.05 Å². The van der Waals surface area contributed by atoms with Crippen LogP contribution in [-0.4, -0.2) is 29.8 Å². The summed E-state index contributed by atoms with van der Waals surface area (Å²) in [4.78, 5) is 14.7. The second-order valence-corrected chi connectivity index (χ2v) is 7.11. The summed E-state index contributed by atoms with van der Waals surface area (Å²) in [6.45, 7) is 2.26. The van der Waals surface area contributed by atoms with Gasteiger partial charge in [0.2, 0.25) is 0 Å². The Morgan fingerprint density at radius 2 is 1.65 bits per heavy atom. The summed E-state index contributed by atoms with van der Waals surface area (Å²) < 4.78 is 0. The minimum atomic E-state index is 0.0898. The fourth-order valence-corrected chi connectivity index (χ4v) is 3.73. The van der Waals surface area contributed by atoms with Gasteiger partial charge in [0.05, 0.1) is 6.04 Å². The molecule has 1 saturated heterocycles. The fourth-order valence-electron chi connectivity index (χ4n) is 3.73.